The van der Waals surface area contributed by atoms with Crippen LogP contribution in [0.4, 0.5) is 9.59 Å². The number of rotatable bonds is 4. The maximum absolute atomic E-state index is 12.5. The number of amides is 2. The molecule has 144 valence electrons. The van der Waals surface area contributed by atoms with Crippen LogP contribution in [-0.4, -0.2) is 59.4 Å². The molecule has 2 heterocycles. The summed E-state index contributed by atoms with van der Waals surface area (Å²) in [5.41, 5.74) is 5.09. The van der Waals surface area contributed by atoms with Crippen LogP contribution in [0.5, 0.6) is 0 Å². The molecule has 0 aromatic rings. The topological polar surface area (TPSA) is 100 Å². The number of carbonyl (C=O) groups is 2. The van der Waals surface area contributed by atoms with Crippen molar-refractivity contribution in [3.8, 4) is 0 Å². The van der Waals surface area contributed by atoms with Gasteiger partial charge in [-0.15, -0.1) is 0 Å². The van der Waals surface area contributed by atoms with Gasteiger partial charge in [0.2, 0.25) is 0 Å². The predicted octanol–water partition coefficient (Wildman–Crippen LogP) is 2.39. The van der Waals surface area contributed by atoms with Crippen molar-refractivity contribution in [2.75, 3.05) is 6.54 Å². The highest BCUT2D eigenvalue weighted by molar-refractivity contribution is 5.90. The molecule has 0 aromatic carbocycles. The van der Waals surface area contributed by atoms with Crippen LogP contribution in [0.1, 0.15) is 54.4 Å². The molecule has 2 saturated heterocycles. The summed E-state index contributed by atoms with van der Waals surface area (Å²) in [4.78, 5) is 25.9. The zero-order chi connectivity index (χ0) is 19.0. The fraction of sp³-hybridized carbons (Fsp3) is 0.882. The van der Waals surface area contributed by atoms with E-state index in [-0.39, 0.29) is 6.54 Å². The van der Waals surface area contributed by atoms with E-state index in [1.165, 1.54) is 0 Å². The van der Waals surface area contributed by atoms with E-state index >= 15 is 0 Å². The number of nitrogens with zero attached hydrogens (tertiary/aromatic N) is 1. The van der Waals surface area contributed by atoms with E-state index in [1.54, 1.807) is 34.6 Å². The van der Waals surface area contributed by atoms with Crippen molar-refractivity contribution in [3.63, 3.8) is 0 Å². The molecule has 2 amide bonds. The van der Waals surface area contributed by atoms with Gasteiger partial charge in [-0.2, -0.15) is 0 Å². The standard InChI is InChI=1S/C17H30N2O6/c1-7-8-10-12(13-11(9-18)23-17(5,6)24-13)22-14(20)19(10)15(21)25-16(2,3)4/h10-13H,7-9,18H2,1-6H3/t10-,11+,12+,13-/m1/s1. The Labute approximate surface area is 148 Å². The minimum Gasteiger partial charge on any atom is -0.443 e. The number of nitrogens with two attached hydrogens (primary N) is 1. The third-order valence-corrected chi connectivity index (χ3v) is 4.10. The molecule has 0 unspecified atom stereocenters. The molecule has 2 aliphatic rings. The maximum atomic E-state index is 12.5. The third-order valence-electron chi connectivity index (χ3n) is 4.10. The monoisotopic (exact) mass is 358 g/mol. The lowest BCUT2D eigenvalue weighted by atomic mass is 9.97. The second-order valence-electron chi connectivity index (χ2n) is 7.93. The lowest BCUT2D eigenvalue weighted by Crippen LogP contribution is -2.49. The van der Waals surface area contributed by atoms with Crippen LogP contribution in [-0.2, 0) is 18.9 Å². The molecule has 2 aliphatic heterocycles. The molecule has 2 N–H and O–H groups in total. The summed E-state index contributed by atoms with van der Waals surface area (Å²) in [5, 5.41) is 0. The molecule has 8 nitrogen and oxygen atoms in total. The Balaban J connectivity index is 2.25. The zero-order valence-corrected chi connectivity index (χ0v) is 15.9. The molecular weight excluding hydrogens is 328 g/mol. The van der Waals surface area contributed by atoms with Crippen molar-refractivity contribution in [1.82, 2.24) is 4.90 Å². The Morgan fingerprint density at radius 3 is 2.44 bits per heavy atom. The van der Waals surface area contributed by atoms with Crippen LogP contribution in [0.25, 0.3) is 0 Å². The first-order valence-corrected chi connectivity index (χ1v) is 8.77. The fourth-order valence-electron chi connectivity index (χ4n) is 3.25. The molecule has 0 aromatic heterocycles. The largest absolute Gasteiger partial charge is 0.443 e. The Bertz CT molecular complexity index is 516. The molecule has 2 fully saturated rings. The highest BCUT2D eigenvalue weighted by Gasteiger charge is 2.55. The number of carbonyl (C=O) groups excluding carboxylic acids is 2. The summed E-state index contributed by atoms with van der Waals surface area (Å²) < 4.78 is 22.6. The van der Waals surface area contributed by atoms with E-state index in [0.717, 1.165) is 11.3 Å². The third kappa shape index (κ3) is 4.43. The van der Waals surface area contributed by atoms with Crippen molar-refractivity contribution >= 4 is 12.2 Å². The average Bonchev–Trinajstić information content (AvgIpc) is 2.94. The first kappa shape index (κ1) is 19.9. The van der Waals surface area contributed by atoms with Gasteiger partial charge in [-0.1, -0.05) is 13.3 Å². The molecule has 0 aliphatic carbocycles. The van der Waals surface area contributed by atoms with Gasteiger partial charge >= 0.3 is 12.2 Å². The van der Waals surface area contributed by atoms with Crippen LogP contribution in [0.3, 0.4) is 0 Å². The number of ether oxygens (including phenoxy) is 4. The van der Waals surface area contributed by atoms with Gasteiger partial charge in [0.15, 0.2) is 11.9 Å². The molecule has 0 bridgehead atoms. The summed E-state index contributed by atoms with van der Waals surface area (Å²) in [6, 6.07) is -0.483. The average molecular weight is 358 g/mol. The van der Waals surface area contributed by atoms with Gasteiger partial charge < -0.3 is 24.7 Å². The minimum atomic E-state index is -0.822. The Kier molecular flexibility index (Phi) is 5.65. The van der Waals surface area contributed by atoms with Crippen LogP contribution < -0.4 is 5.73 Å². The SMILES string of the molecule is CCC[C@@H]1[C@@H]([C@@H]2OC(C)(C)O[C@H]2CN)OC(=O)N1C(=O)OC(C)(C)C. The number of imide groups is 1. The summed E-state index contributed by atoms with van der Waals surface area (Å²) >= 11 is 0. The van der Waals surface area contributed by atoms with Gasteiger partial charge in [-0.25, -0.2) is 14.5 Å². The molecule has 0 saturated carbocycles. The zero-order valence-electron chi connectivity index (χ0n) is 15.9. The van der Waals surface area contributed by atoms with Gasteiger partial charge in [-0.3, -0.25) is 0 Å². The highest BCUT2D eigenvalue weighted by Crippen LogP contribution is 2.37. The van der Waals surface area contributed by atoms with Crippen LogP contribution in [0, 0.1) is 0 Å². The van der Waals surface area contributed by atoms with Crippen molar-refractivity contribution in [2.45, 2.75) is 90.1 Å². The van der Waals surface area contributed by atoms with Gasteiger partial charge in [0.05, 0.1) is 6.04 Å². The van der Waals surface area contributed by atoms with E-state index in [0.29, 0.717) is 6.42 Å². The van der Waals surface area contributed by atoms with E-state index in [1.807, 2.05) is 6.92 Å². The van der Waals surface area contributed by atoms with E-state index in [9.17, 15) is 9.59 Å². The van der Waals surface area contributed by atoms with Crippen LogP contribution in [0.15, 0.2) is 0 Å². The van der Waals surface area contributed by atoms with Crippen LogP contribution in [0.2, 0.25) is 0 Å². The first-order chi connectivity index (χ1) is 11.5. The van der Waals surface area contributed by atoms with Gasteiger partial charge in [0.1, 0.15) is 17.8 Å². The van der Waals surface area contributed by atoms with Crippen molar-refractivity contribution in [2.24, 2.45) is 5.73 Å². The fourth-order valence-corrected chi connectivity index (χ4v) is 3.25. The van der Waals surface area contributed by atoms with E-state index in [4.69, 9.17) is 24.7 Å². The van der Waals surface area contributed by atoms with Gasteiger partial charge in [-0.05, 0) is 41.0 Å². The summed E-state index contributed by atoms with van der Waals surface area (Å²) in [7, 11) is 0. The maximum Gasteiger partial charge on any atom is 0.420 e. The summed E-state index contributed by atoms with van der Waals surface area (Å²) in [5.74, 6) is -0.822. The molecular formula is C17H30N2O6. The number of cyclic esters (lactones) is 1. The van der Waals surface area contributed by atoms with Gasteiger partial charge in [0.25, 0.3) is 0 Å². The normalized spacial score (nSPS) is 32.0. The van der Waals surface area contributed by atoms with Crippen molar-refractivity contribution < 1.29 is 28.5 Å². The smallest absolute Gasteiger partial charge is 0.420 e. The summed E-state index contributed by atoms with van der Waals surface area (Å²) in [6.07, 6.45) is -1.68. The quantitative estimate of drug-likeness (QED) is 0.823. The minimum absolute atomic E-state index is 0.230. The lowest BCUT2D eigenvalue weighted by Gasteiger charge is -2.29. The number of hydrogen-bond donors (Lipinski definition) is 1. The molecule has 0 spiro atoms. The molecule has 4 atom stereocenters. The second-order valence-corrected chi connectivity index (χ2v) is 7.93. The molecule has 8 heteroatoms. The van der Waals surface area contributed by atoms with Crippen LogP contribution >= 0.6 is 0 Å². The van der Waals surface area contributed by atoms with Gasteiger partial charge in [0, 0.05) is 6.54 Å². The van der Waals surface area contributed by atoms with E-state index < -0.39 is 47.9 Å². The first-order valence-electron chi connectivity index (χ1n) is 8.77. The Morgan fingerprint density at radius 1 is 1.28 bits per heavy atom. The predicted molar refractivity (Wildman–Crippen MR) is 89.9 cm³/mol. The summed E-state index contributed by atoms with van der Waals surface area (Å²) in [6.45, 7) is 11.0. The molecule has 25 heavy (non-hydrogen) atoms. The van der Waals surface area contributed by atoms with Crippen molar-refractivity contribution in [3.05, 3.63) is 0 Å². The van der Waals surface area contributed by atoms with Crippen molar-refractivity contribution in [1.29, 1.82) is 0 Å². The molecule has 2 rings (SSSR count). The second kappa shape index (κ2) is 7.09. The Hall–Kier alpha value is -1.38. The number of hydrogen-bond acceptors (Lipinski definition) is 7. The molecule has 0 radical (unpaired) electrons. The lowest BCUT2D eigenvalue weighted by molar-refractivity contribution is -0.154. The highest BCUT2D eigenvalue weighted by atomic mass is 16.8. The Morgan fingerprint density at radius 2 is 1.92 bits per heavy atom. The van der Waals surface area contributed by atoms with E-state index in [2.05, 4.69) is 0 Å².